The predicted molar refractivity (Wildman–Crippen MR) is 99.3 cm³/mol. The number of nitrogens with one attached hydrogen (secondary N) is 1. The standard InChI is InChI=1S/C18H12ClN3O5/c19-12-4-7-14-15(9-12)20-16(21-18(14)24)10-27-17(23)8-3-11-1-5-13(6-2-11)22(25)26/h1-9H,10H2,(H,20,21,24)/b8-3+. The Bertz CT molecular complexity index is 1110. The number of halogens is 1. The molecule has 0 unspecified atom stereocenters. The number of nitro groups is 1. The van der Waals surface area contributed by atoms with Gasteiger partial charge in [-0.3, -0.25) is 14.9 Å². The van der Waals surface area contributed by atoms with Crippen LogP contribution in [0.15, 0.2) is 53.3 Å². The molecule has 27 heavy (non-hydrogen) atoms. The second kappa shape index (κ2) is 7.79. The third kappa shape index (κ3) is 4.56. The Labute approximate surface area is 157 Å². The molecule has 8 nitrogen and oxygen atoms in total. The number of nitrogens with zero attached hydrogens (tertiary/aromatic N) is 2. The summed E-state index contributed by atoms with van der Waals surface area (Å²) in [6.45, 7) is -0.221. The van der Waals surface area contributed by atoms with Crippen LogP contribution in [-0.4, -0.2) is 20.9 Å². The predicted octanol–water partition coefficient (Wildman–Crippen LogP) is 3.24. The average molecular weight is 386 g/mol. The molecule has 0 aliphatic rings. The number of ether oxygens (including phenoxy) is 1. The molecule has 136 valence electrons. The van der Waals surface area contributed by atoms with Crippen LogP contribution in [0.2, 0.25) is 5.02 Å². The van der Waals surface area contributed by atoms with Crippen LogP contribution in [0, 0.1) is 10.1 Å². The van der Waals surface area contributed by atoms with Crippen molar-refractivity contribution in [1.82, 2.24) is 9.97 Å². The summed E-state index contributed by atoms with van der Waals surface area (Å²) in [6, 6.07) is 10.4. The van der Waals surface area contributed by atoms with Gasteiger partial charge >= 0.3 is 5.97 Å². The SMILES string of the molecule is O=C(/C=C/c1ccc([N+](=O)[O-])cc1)OCc1nc2cc(Cl)ccc2c(=O)[nH]1. The van der Waals surface area contributed by atoms with Crippen LogP contribution in [0.25, 0.3) is 17.0 Å². The maximum absolute atomic E-state index is 12.0. The topological polar surface area (TPSA) is 115 Å². The average Bonchev–Trinajstić information content (AvgIpc) is 2.64. The number of benzene rings is 2. The Kier molecular flexibility index (Phi) is 5.28. The fourth-order valence-corrected chi connectivity index (χ4v) is 2.45. The lowest BCUT2D eigenvalue weighted by molar-refractivity contribution is -0.384. The molecule has 0 radical (unpaired) electrons. The first-order valence-electron chi connectivity index (χ1n) is 7.70. The number of esters is 1. The number of aromatic amines is 1. The third-order valence-corrected chi connectivity index (χ3v) is 3.82. The van der Waals surface area contributed by atoms with E-state index in [1.807, 2.05) is 0 Å². The molecule has 0 saturated heterocycles. The number of rotatable bonds is 5. The summed E-state index contributed by atoms with van der Waals surface area (Å²) < 4.78 is 5.05. The monoisotopic (exact) mass is 385 g/mol. The summed E-state index contributed by atoms with van der Waals surface area (Å²) in [6.07, 6.45) is 2.64. The Balaban J connectivity index is 1.66. The highest BCUT2D eigenvalue weighted by atomic mass is 35.5. The summed E-state index contributed by atoms with van der Waals surface area (Å²) >= 11 is 5.89. The highest BCUT2D eigenvalue weighted by Crippen LogP contribution is 2.15. The smallest absolute Gasteiger partial charge is 0.331 e. The van der Waals surface area contributed by atoms with Gasteiger partial charge in [-0.25, -0.2) is 9.78 Å². The van der Waals surface area contributed by atoms with Gasteiger partial charge in [0.15, 0.2) is 0 Å². The molecule has 0 fully saturated rings. The van der Waals surface area contributed by atoms with E-state index in [0.717, 1.165) is 0 Å². The van der Waals surface area contributed by atoms with Crippen molar-refractivity contribution in [1.29, 1.82) is 0 Å². The Morgan fingerprint density at radius 1 is 1.26 bits per heavy atom. The van der Waals surface area contributed by atoms with E-state index >= 15 is 0 Å². The molecule has 3 rings (SSSR count). The maximum Gasteiger partial charge on any atom is 0.331 e. The second-order valence-electron chi connectivity index (χ2n) is 5.46. The molecule has 9 heteroatoms. The summed E-state index contributed by atoms with van der Waals surface area (Å²) in [7, 11) is 0. The van der Waals surface area contributed by atoms with Gasteiger partial charge in [-0.15, -0.1) is 0 Å². The van der Waals surface area contributed by atoms with E-state index in [2.05, 4.69) is 9.97 Å². The van der Waals surface area contributed by atoms with Crippen LogP contribution in [0.4, 0.5) is 5.69 Å². The highest BCUT2D eigenvalue weighted by Gasteiger charge is 2.07. The largest absolute Gasteiger partial charge is 0.454 e. The zero-order chi connectivity index (χ0) is 19.4. The van der Waals surface area contributed by atoms with Gasteiger partial charge in [0.2, 0.25) is 0 Å². The number of aromatic nitrogens is 2. The van der Waals surface area contributed by atoms with E-state index in [-0.39, 0.29) is 23.7 Å². The number of carbonyl (C=O) groups is 1. The fraction of sp³-hybridized carbons (Fsp3) is 0.0556. The summed E-state index contributed by atoms with van der Waals surface area (Å²) in [5, 5.41) is 11.4. The zero-order valence-corrected chi connectivity index (χ0v) is 14.5. The molecule has 1 heterocycles. The Morgan fingerprint density at radius 3 is 2.70 bits per heavy atom. The number of nitro benzene ring substituents is 1. The molecule has 3 aromatic rings. The van der Waals surface area contributed by atoms with E-state index < -0.39 is 10.9 Å². The first-order valence-corrected chi connectivity index (χ1v) is 8.08. The molecule has 0 amide bonds. The van der Waals surface area contributed by atoms with Crippen LogP contribution in [0.3, 0.4) is 0 Å². The van der Waals surface area contributed by atoms with Crippen LogP contribution in [0.5, 0.6) is 0 Å². The fourth-order valence-electron chi connectivity index (χ4n) is 2.29. The third-order valence-electron chi connectivity index (χ3n) is 3.58. The number of carbonyl (C=O) groups excluding carboxylic acids is 1. The van der Waals surface area contributed by atoms with Crippen molar-refractivity contribution >= 4 is 40.2 Å². The van der Waals surface area contributed by atoms with Gasteiger partial charge in [0.25, 0.3) is 11.2 Å². The molecule has 1 N–H and O–H groups in total. The number of hydrogen-bond donors (Lipinski definition) is 1. The lowest BCUT2D eigenvalue weighted by Gasteiger charge is -2.04. The Hall–Kier alpha value is -3.52. The maximum atomic E-state index is 12.0. The normalized spacial score (nSPS) is 11.0. The molecule has 0 saturated carbocycles. The Morgan fingerprint density at radius 2 is 2.00 bits per heavy atom. The minimum Gasteiger partial charge on any atom is -0.454 e. The summed E-state index contributed by atoms with van der Waals surface area (Å²) in [5.41, 5.74) is 0.605. The van der Waals surface area contributed by atoms with Crippen LogP contribution in [-0.2, 0) is 16.1 Å². The lowest BCUT2D eigenvalue weighted by Crippen LogP contribution is -2.13. The van der Waals surface area contributed by atoms with Crippen LogP contribution in [0.1, 0.15) is 11.4 Å². The number of hydrogen-bond acceptors (Lipinski definition) is 6. The molecule has 0 spiro atoms. The van der Waals surface area contributed by atoms with Gasteiger partial charge in [-0.2, -0.15) is 0 Å². The van der Waals surface area contributed by atoms with E-state index in [9.17, 15) is 19.7 Å². The minimum atomic E-state index is -0.651. The highest BCUT2D eigenvalue weighted by molar-refractivity contribution is 6.31. The van der Waals surface area contributed by atoms with Gasteiger partial charge in [-0.05, 0) is 42.0 Å². The summed E-state index contributed by atoms with van der Waals surface area (Å²) in [4.78, 5) is 40.6. The van der Waals surface area contributed by atoms with Crippen molar-refractivity contribution in [2.24, 2.45) is 0 Å². The molecule has 2 aromatic carbocycles. The molecular weight excluding hydrogens is 374 g/mol. The zero-order valence-electron chi connectivity index (χ0n) is 13.7. The first-order chi connectivity index (χ1) is 12.9. The van der Waals surface area contributed by atoms with Crippen LogP contribution < -0.4 is 5.56 Å². The van der Waals surface area contributed by atoms with Gasteiger partial charge in [0, 0.05) is 23.2 Å². The molecule has 0 bridgehead atoms. The molecular formula is C18H12ClN3O5. The van der Waals surface area contributed by atoms with E-state index in [1.165, 1.54) is 36.4 Å². The quantitative estimate of drug-likeness (QED) is 0.312. The van der Waals surface area contributed by atoms with Crippen molar-refractivity contribution < 1.29 is 14.5 Å². The van der Waals surface area contributed by atoms with Crippen molar-refractivity contribution in [2.75, 3.05) is 0 Å². The first kappa shape index (κ1) is 18.3. The van der Waals surface area contributed by atoms with E-state index in [1.54, 1.807) is 18.2 Å². The number of non-ortho nitro benzene ring substituents is 1. The lowest BCUT2D eigenvalue weighted by atomic mass is 10.2. The van der Waals surface area contributed by atoms with Crippen LogP contribution >= 0.6 is 11.6 Å². The van der Waals surface area contributed by atoms with Gasteiger partial charge in [0.05, 0.1) is 15.8 Å². The number of H-pyrrole nitrogens is 1. The summed E-state index contributed by atoms with van der Waals surface area (Å²) in [5.74, 6) is -0.464. The molecule has 0 atom stereocenters. The molecule has 1 aromatic heterocycles. The van der Waals surface area contributed by atoms with Crippen molar-refractivity contribution in [2.45, 2.75) is 6.61 Å². The van der Waals surface area contributed by atoms with Crippen molar-refractivity contribution in [3.63, 3.8) is 0 Å². The molecule has 0 aliphatic carbocycles. The van der Waals surface area contributed by atoms with Gasteiger partial charge in [-0.1, -0.05) is 11.6 Å². The van der Waals surface area contributed by atoms with E-state index in [0.29, 0.717) is 21.5 Å². The van der Waals surface area contributed by atoms with E-state index in [4.69, 9.17) is 16.3 Å². The van der Waals surface area contributed by atoms with Crippen molar-refractivity contribution in [3.05, 3.63) is 85.4 Å². The number of fused-ring (bicyclic) bond motifs is 1. The van der Waals surface area contributed by atoms with Gasteiger partial charge in [0.1, 0.15) is 12.4 Å². The second-order valence-corrected chi connectivity index (χ2v) is 5.90. The van der Waals surface area contributed by atoms with Crippen molar-refractivity contribution in [3.8, 4) is 0 Å². The minimum absolute atomic E-state index is 0.0406. The van der Waals surface area contributed by atoms with Gasteiger partial charge < -0.3 is 9.72 Å². The molecule has 0 aliphatic heterocycles.